The summed E-state index contributed by atoms with van der Waals surface area (Å²) < 4.78 is 16.3. The van der Waals surface area contributed by atoms with E-state index in [1.54, 1.807) is 0 Å². The van der Waals surface area contributed by atoms with Crippen molar-refractivity contribution in [1.82, 2.24) is 0 Å². The van der Waals surface area contributed by atoms with Crippen LogP contribution in [0.4, 0.5) is 4.39 Å². The predicted octanol–water partition coefficient (Wildman–Crippen LogP) is 2.45. The summed E-state index contributed by atoms with van der Waals surface area (Å²) in [6.07, 6.45) is 9.59. The summed E-state index contributed by atoms with van der Waals surface area (Å²) in [5.74, 6) is 0. The molecule has 2 N–H and O–H groups in total. The molecule has 0 fully saturated rings. The Labute approximate surface area is 98.2 Å². The molecule has 0 amide bonds. The Morgan fingerprint density at radius 2 is 1.19 bits per heavy atom. The Morgan fingerprint density at radius 3 is 1.62 bits per heavy atom. The van der Waals surface area contributed by atoms with Crippen LogP contribution >= 0.6 is 0 Å². The van der Waals surface area contributed by atoms with E-state index < -0.39 is 7.32 Å². The van der Waals surface area contributed by atoms with E-state index in [-0.39, 0.29) is 6.67 Å². The van der Waals surface area contributed by atoms with Crippen molar-refractivity contribution in [2.75, 3.05) is 13.3 Å². The maximum atomic E-state index is 11.8. The topological polar surface area (TPSA) is 49.7 Å². The molecule has 0 saturated carbocycles. The molecule has 0 aliphatic carbocycles. The molecule has 0 radical (unpaired) electrons. The molecule has 0 spiro atoms. The minimum atomic E-state index is -1.63. The highest BCUT2D eigenvalue weighted by Crippen LogP contribution is 2.09. The average Bonchev–Trinajstić information content (AvgIpc) is 2.25. The molecule has 0 saturated heterocycles. The van der Waals surface area contributed by atoms with Gasteiger partial charge in [-0.25, -0.2) is 0 Å². The van der Waals surface area contributed by atoms with E-state index in [4.69, 9.17) is 10.0 Å². The van der Waals surface area contributed by atoms with Gasteiger partial charge in [-0.1, -0.05) is 44.9 Å². The molecule has 0 unspecified atom stereocenters. The van der Waals surface area contributed by atoms with Gasteiger partial charge in [0.15, 0.2) is 0 Å². The number of unbranched alkanes of at least 4 members (excludes halogenated alkanes) is 8. The SMILES string of the molecule is OB(O)OCCCCCCCCCCCF. The summed E-state index contributed by atoms with van der Waals surface area (Å²) in [5, 5.41) is 16.8. The zero-order valence-corrected chi connectivity index (χ0v) is 10.0. The van der Waals surface area contributed by atoms with Gasteiger partial charge in [0, 0.05) is 6.61 Å². The van der Waals surface area contributed by atoms with Crippen LogP contribution in [0.2, 0.25) is 0 Å². The smallest absolute Gasteiger partial charge is 0.402 e. The number of hydrogen-bond donors (Lipinski definition) is 2. The lowest BCUT2D eigenvalue weighted by atomic mass is 10.1. The van der Waals surface area contributed by atoms with Crippen molar-refractivity contribution in [2.24, 2.45) is 0 Å². The van der Waals surface area contributed by atoms with Crippen molar-refractivity contribution in [2.45, 2.75) is 57.8 Å². The van der Waals surface area contributed by atoms with Gasteiger partial charge in [0.1, 0.15) is 0 Å². The van der Waals surface area contributed by atoms with E-state index in [1.165, 1.54) is 19.3 Å². The van der Waals surface area contributed by atoms with Crippen LogP contribution in [0.1, 0.15) is 57.8 Å². The quantitative estimate of drug-likeness (QED) is 0.402. The molecule has 0 aliphatic rings. The first-order valence-corrected chi connectivity index (χ1v) is 6.31. The summed E-state index contributed by atoms with van der Waals surface area (Å²) in [7, 11) is -1.63. The van der Waals surface area contributed by atoms with Crippen molar-refractivity contribution in [3.63, 3.8) is 0 Å². The van der Waals surface area contributed by atoms with Crippen molar-refractivity contribution in [3.8, 4) is 0 Å². The highest BCUT2D eigenvalue weighted by molar-refractivity contribution is 6.32. The molecule has 3 nitrogen and oxygen atoms in total. The van der Waals surface area contributed by atoms with Gasteiger partial charge < -0.3 is 14.7 Å². The average molecular weight is 234 g/mol. The molecule has 16 heavy (non-hydrogen) atoms. The predicted molar refractivity (Wildman–Crippen MR) is 63.7 cm³/mol. The first-order valence-electron chi connectivity index (χ1n) is 6.31. The zero-order valence-electron chi connectivity index (χ0n) is 10.0. The Bertz CT molecular complexity index is 136. The Hall–Kier alpha value is -0.125. The maximum Gasteiger partial charge on any atom is 0.633 e. The molecule has 96 valence electrons. The Kier molecular flexibility index (Phi) is 12.8. The van der Waals surface area contributed by atoms with Gasteiger partial charge in [-0.05, 0) is 12.8 Å². The number of hydrogen-bond acceptors (Lipinski definition) is 3. The monoisotopic (exact) mass is 234 g/mol. The second kappa shape index (κ2) is 12.9. The van der Waals surface area contributed by atoms with Crippen molar-refractivity contribution in [1.29, 1.82) is 0 Å². The lowest BCUT2D eigenvalue weighted by molar-refractivity contribution is 0.182. The van der Waals surface area contributed by atoms with Gasteiger partial charge in [-0.3, -0.25) is 4.39 Å². The fraction of sp³-hybridized carbons (Fsp3) is 1.00. The van der Waals surface area contributed by atoms with E-state index in [1.807, 2.05) is 0 Å². The van der Waals surface area contributed by atoms with Crippen LogP contribution in [0, 0.1) is 0 Å². The van der Waals surface area contributed by atoms with Crippen LogP contribution in [-0.4, -0.2) is 30.7 Å². The lowest BCUT2D eigenvalue weighted by Gasteiger charge is -2.03. The standard InChI is InChI=1S/C11H24BFO3/c13-10-8-6-4-2-1-3-5-7-9-11-16-12(14)15/h14-15H,1-11H2. The molecular formula is C11H24BFO3. The minimum absolute atomic E-state index is 0.184. The molecule has 5 heteroatoms. The highest BCUT2D eigenvalue weighted by Gasteiger charge is 2.06. The molecule has 0 aromatic carbocycles. The van der Waals surface area contributed by atoms with Crippen LogP contribution in [0.15, 0.2) is 0 Å². The van der Waals surface area contributed by atoms with Crippen molar-refractivity contribution >= 4 is 7.32 Å². The third-order valence-corrected chi connectivity index (χ3v) is 2.54. The zero-order chi connectivity index (χ0) is 12.1. The molecule has 0 aromatic rings. The summed E-state index contributed by atoms with van der Waals surface area (Å²) >= 11 is 0. The summed E-state index contributed by atoms with van der Waals surface area (Å²) in [5.41, 5.74) is 0. The molecular weight excluding hydrogens is 210 g/mol. The van der Waals surface area contributed by atoms with Crippen molar-refractivity contribution < 1.29 is 19.1 Å². The molecule has 0 aromatic heterocycles. The van der Waals surface area contributed by atoms with Crippen LogP contribution in [0.5, 0.6) is 0 Å². The Balaban J connectivity index is 2.88. The maximum absolute atomic E-state index is 11.8. The van der Waals surface area contributed by atoms with Gasteiger partial charge >= 0.3 is 7.32 Å². The van der Waals surface area contributed by atoms with E-state index in [2.05, 4.69) is 4.65 Å². The van der Waals surface area contributed by atoms with Crippen LogP contribution in [0.25, 0.3) is 0 Å². The number of alkyl halides is 1. The van der Waals surface area contributed by atoms with Gasteiger partial charge in [0.2, 0.25) is 0 Å². The van der Waals surface area contributed by atoms with Gasteiger partial charge in [-0.2, -0.15) is 0 Å². The first-order chi connectivity index (χ1) is 7.77. The first kappa shape index (κ1) is 15.9. The number of rotatable bonds is 12. The summed E-state index contributed by atoms with van der Waals surface area (Å²) in [4.78, 5) is 0. The second-order valence-electron chi connectivity index (χ2n) is 4.07. The van der Waals surface area contributed by atoms with E-state index in [0.717, 1.165) is 32.1 Å². The third-order valence-electron chi connectivity index (χ3n) is 2.54. The molecule has 0 atom stereocenters. The van der Waals surface area contributed by atoms with Gasteiger partial charge in [-0.15, -0.1) is 0 Å². The largest absolute Gasteiger partial charge is 0.633 e. The van der Waals surface area contributed by atoms with Crippen LogP contribution in [-0.2, 0) is 4.65 Å². The van der Waals surface area contributed by atoms with Crippen LogP contribution in [0.3, 0.4) is 0 Å². The number of halogens is 1. The van der Waals surface area contributed by atoms with Crippen molar-refractivity contribution in [3.05, 3.63) is 0 Å². The second-order valence-corrected chi connectivity index (χ2v) is 4.07. The van der Waals surface area contributed by atoms with E-state index >= 15 is 0 Å². The normalized spacial score (nSPS) is 10.7. The fourth-order valence-corrected chi connectivity index (χ4v) is 1.62. The van der Waals surface area contributed by atoms with E-state index in [0.29, 0.717) is 13.0 Å². The van der Waals surface area contributed by atoms with Gasteiger partial charge in [0.25, 0.3) is 0 Å². The molecule has 0 heterocycles. The Morgan fingerprint density at radius 1 is 0.750 bits per heavy atom. The highest BCUT2D eigenvalue weighted by atomic mass is 19.1. The molecule has 0 bridgehead atoms. The minimum Gasteiger partial charge on any atom is -0.402 e. The molecule has 0 rings (SSSR count). The fourth-order valence-electron chi connectivity index (χ4n) is 1.62. The third kappa shape index (κ3) is 13.9. The summed E-state index contributed by atoms with van der Waals surface area (Å²) in [6.45, 7) is 0.227. The van der Waals surface area contributed by atoms with Crippen LogP contribution < -0.4 is 0 Å². The lowest BCUT2D eigenvalue weighted by Crippen LogP contribution is -2.17. The summed E-state index contributed by atoms with van der Waals surface area (Å²) in [6, 6.07) is 0. The van der Waals surface area contributed by atoms with E-state index in [9.17, 15) is 4.39 Å². The molecule has 0 aliphatic heterocycles. The van der Waals surface area contributed by atoms with Gasteiger partial charge in [0.05, 0.1) is 6.67 Å².